The fraction of sp³-hybridized carbons (Fsp3) is 0.923. The van der Waals surface area contributed by atoms with Crippen molar-refractivity contribution in [3.05, 3.63) is 16.5 Å². The molecule has 1 aromatic rings. The Morgan fingerprint density at radius 2 is 1.84 bits per heavy atom. The molecule has 4 saturated carbocycles. The van der Waals surface area contributed by atoms with E-state index in [1.165, 1.54) is 57.8 Å². The second kappa shape index (κ2) is 8.04. The lowest BCUT2D eigenvalue weighted by Gasteiger charge is -2.61. The second-order valence-corrected chi connectivity index (χ2v) is 12.0. The summed E-state index contributed by atoms with van der Waals surface area (Å²) in [6.07, 6.45) is 14.6. The Balaban J connectivity index is 1.28. The van der Waals surface area contributed by atoms with Gasteiger partial charge in [-0.05, 0) is 116 Å². The van der Waals surface area contributed by atoms with Crippen LogP contribution in [0.2, 0.25) is 0 Å². The molecular formula is C26H41NO4. The average molecular weight is 432 g/mol. The molecule has 5 rings (SSSR count). The predicted molar refractivity (Wildman–Crippen MR) is 119 cm³/mol. The topological polar surface area (TPSA) is 65.5 Å². The van der Waals surface area contributed by atoms with Crippen LogP contribution in [0.3, 0.4) is 0 Å². The molecule has 0 saturated heterocycles. The van der Waals surface area contributed by atoms with E-state index >= 15 is 0 Å². The Morgan fingerprint density at radius 1 is 1.06 bits per heavy atom. The molecule has 0 radical (unpaired) electrons. The van der Waals surface area contributed by atoms with Crippen molar-refractivity contribution in [3.8, 4) is 0 Å². The maximum absolute atomic E-state index is 11.1. The number of hydrogen-bond acceptors (Lipinski definition) is 5. The van der Waals surface area contributed by atoms with Crippen LogP contribution in [0, 0.1) is 46.3 Å². The number of nitrogens with zero attached hydrogens (tertiary/aromatic N) is 1. The van der Waals surface area contributed by atoms with Crippen molar-refractivity contribution in [1.82, 2.24) is 5.16 Å². The van der Waals surface area contributed by atoms with Gasteiger partial charge in [-0.15, -0.1) is 0 Å². The number of fused-ring (bicyclic) bond motifs is 5. The zero-order chi connectivity index (χ0) is 21.8. The largest absolute Gasteiger partial charge is 0.542 e. The lowest BCUT2D eigenvalue weighted by Crippen LogP contribution is -2.54. The SMILES string of the molecule is CO[C@@H]1CC[C@]2(C)C3CC[C@@]4(C)C(CCC4[C@H](C)CCc4noc(=O)o4)C3CC[C@@H]2C1. The quantitative estimate of drug-likeness (QED) is 0.583. The molecule has 0 aliphatic heterocycles. The second-order valence-electron chi connectivity index (χ2n) is 12.0. The third-order valence-corrected chi connectivity index (χ3v) is 10.9. The highest BCUT2D eigenvalue weighted by Gasteiger charge is 2.60. The minimum atomic E-state index is -0.683. The molecule has 4 unspecified atom stereocenters. The van der Waals surface area contributed by atoms with Gasteiger partial charge in [-0.25, -0.2) is 4.79 Å². The van der Waals surface area contributed by atoms with Gasteiger partial charge in [-0.3, -0.25) is 4.52 Å². The highest BCUT2D eigenvalue weighted by Crippen LogP contribution is 2.68. The summed E-state index contributed by atoms with van der Waals surface area (Å²) in [6.45, 7) is 7.67. The molecule has 1 heterocycles. The summed E-state index contributed by atoms with van der Waals surface area (Å²) >= 11 is 0. The van der Waals surface area contributed by atoms with Gasteiger partial charge in [0, 0.05) is 13.5 Å². The maximum Gasteiger partial charge on any atom is 0.542 e. The molecule has 9 atom stereocenters. The lowest BCUT2D eigenvalue weighted by molar-refractivity contribution is -0.133. The van der Waals surface area contributed by atoms with E-state index in [0.717, 1.165) is 36.0 Å². The maximum atomic E-state index is 11.1. The van der Waals surface area contributed by atoms with E-state index in [9.17, 15) is 4.79 Å². The van der Waals surface area contributed by atoms with E-state index < -0.39 is 5.82 Å². The summed E-state index contributed by atoms with van der Waals surface area (Å²) in [4.78, 5) is 11.1. The van der Waals surface area contributed by atoms with E-state index in [2.05, 4.69) is 30.5 Å². The molecule has 1 aromatic heterocycles. The van der Waals surface area contributed by atoms with Crippen molar-refractivity contribution in [2.24, 2.45) is 46.3 Å². The van der Waals surface area contributed by atoms with Crippen LogP contribution in [0.15, 0.2) is 13.7 Å². The minimum Gasteiger partial charge on any atom is -0.381 e. The predicted octanol–water partition coefficient (Wildman–Crippen LogP) is 5.87. The van der Waals surface area contributed by atoms with Gasteiger partial charge in [0.25, 0.3) is 0 Å². The molecule has 4 fully saturated rings. The average Bonchev–Trinajstić information content (AvgIpc) is 3.33. The smallest absolute Gasteiger partial charge is 0.381 e. The molecule has 31 heavy (non-hydrogen) atoms. The van der Waals surface area contributed by atoms with Crippen molar-refractivity contribution >= 4 is 0 Å². The number of hydrogen-bond donors (Lipinski definition) is 0. The van der Waals surface area contributed by atoms with E-state index in [4.69, 9.17) is 9.15 Å². The molecule has 5 heteroatoms. The molecular weight excluding hydrogens is 390 g/mol. The van der Waals surface area contributed by atoms with Crippen molar-refractivity contribution < 1.29 is 13.7 Å². The monoisotopic (exact) mass is 431 g/mol. The van der Waals surface area contributed by atoms with Crippen LogP contribution in [0.1, 0.15) is 90.9 Å². The molecule has 4 aliphatic carbocycles. The van der Waals surface area contributed by atoms with Crippen LogP contribution in [0.4, 0.5) is 0 Å². The first-order valence-electron chi connectivity index (χ1n) is 12.8. The van der Waals surface area contributed by atoms with Crippen molar-refractivity contribution in [2.45, 2.75) is 97.5 Å². The van der Waals surface area contributed by atoms with E-state index in [0.29, 0.717) is 35.2 Å². The van der Waals surface area contributed by atoms with E-state index in [1.807, 2.05) is 7.11 Å². The first-order chi connectivity index (χ1) is 14.8. The number of ether oxygens (including phenoxy) is 1. The van der Waals surface area contributed by atoms with E-state index in [-0.39, 0.29) is 0 Å². The molecule has 0 spiro atoms. The Morgan fingerprint density at radius 3 is 2.58 bits per heavy atom. The van der Waals surface area contributed by atoms with Crippen molar-refractivity contribution in [3.63, 3.8) is 0 Å². The first-order valence-corrected chi connectivity index (χ1v) is 12.8. The summed E-state index contributed by atoms with van der Waals surface area (Å²) in [7, 11) is 1.90. The molecule has 0 amide bonds. The zero-order valence-corrected chi connectivity index (χ0v) is 19.9. The van der Waals surface area contributed by atoms with Gasteiger partial charge in [0.15, 0.2) is 0 Å². The number of methoxy groups -OCH3 is 1. The van der Waals surface area contributed by atoms with Crippen LogP contribution >= 0.6 is 0 Å². The summed E-state index contributed by atoms with van der Waals surface area (Å²) < 4.78 is 15.4. The van der Waals surface area contributed by atoms with E-state index in [1.54, 1.807) is 0 Å². The Kier molecular flexibility index (Phi) is 5.64. The fourth-order valence-electron chi connectivity index (χ4n) is 9.28. The third kappa shape index (κ3) is 3.54. The normalized spacial score (nSPS) is 45.5. The van der Waals surface area contributed by atoms with Crippen LogP contribution < -0.4 is 5.82 Å². The molecule has 0 N–H and O–H groups in total. The summed E-state index contributed by atoms with van der Waals surface area (Å²) in [5.41, 5.74) is 1.01. The zero-order valence-electron chi connectivity index (χ0n) is 19.9. The Bertz CT molecular complexity index is 831. The first kappa shape index (κ1) is 21.7. The van der Waals surface area contributed by atoms with Gasteiger partial charge in [-0.2, -0.15) is 0 Å². The third-order valence-electron chi connectivity index (χ3n) is 10.9. The van der Waals surface area contributed by atoms with Crippen molar-refractivity contribution in [2.75, 3.05) is 7.11 Å². The van der Waals surface area contributed by atoms with Gasteiger partial charge in [0.2, 0.25) is 5.89 Å². The summed E-state index contributed by atoms with van der Waals surface area (Å²) in [5.74, 6) is 4.76. The van der Waals surface area contributed by atoms with Gasteiger partial charge < -0.3 is 9.15 Å². The van der Waals surface area contributed by atoms with Gasteiger partial charge in [0.05, 0.1) is 6.10 Å². The van der Waals surface area contributed by atoms with Gasteiger partial charge >= 0.3 is 5.82 Å². The minimum absolute atomic E-state index is 0.457. The molecule has 174 valence electrons. The highest BCUT2D eigenvalue weighted by atomic mass is 16.6. The number of aromatic nitrogens is 1. The summed E-state index contributed by atoms with van der Waals surface area (Å²) in [5, 5.41) is 3.76. The van der Waals surface area contributed by atoms with Gasteiger partial charge in [0.1, 0.15) is 0 Å². The standard InChI is InChI=1S/C26H41NO4/c1-16(5-10-23-27-31-24(28)30-23)20-8-9-21-19-7-6-17-15-18(29-4)11-13-25(17,2)22(19)12-14-26(20,21)3/h16-22H,5-15H2,1-4H3/t16-,17-,18-,19?,20?,21?,22?,25+,26-/m1/s1. The van der Waals surface area contributed by atoms with Crippen molar-refractivity contribution in [1.29, 1.82) is 0 Å². The van der Waals surface area contributed by atoms with Crippen LogP contribution in [-0.4, -0.2) is 18.4 Å². The van der Waals surface area contributed by atoms with Crippen LogP contribution in [-0.2, 0) is 11.2 Å². The Hall–Kier alpha value is -1.10. The van der Waals surface area contributed by atoms with Gasteiger partial charge in [-0.1, -0.05) is 20.8 Å². The summed E-state index contributed by atoms with van der Waals surface area (Å²) in [6, 6.07) is 0. The molecule has 4 aliphatic rings. The molecule has 0 aromatic carbocycles. The lowest BCUT2D eigenvalue weighted by atomic mass is 9.44. The highest BCUT2D eigenvalue weighted by molar-refractivity contribution is 5.09. The van der Waals surface area contributed by atoms with Crippen LogP contribution in [0.25, 0.3) is 0 Å². The molecule has 0 bridgehead atoms. The Labute approximate surface area is 186 Å². The molecule has 5 nitrogen and oxygen atoms in total. The number of aryl methyl sites for hydroxylation is 1. The fourth-order valence-corrected chi connectivity index (χ4v) is 9.28. The van der Waals surface area contributed by atoms with Crippen LogP contribution in [0.5, 0.6) is 0 Å². The number of rotatable bonds is 5.